The topological polar surface area (TPSA) is 58.7 Å². The van der Waals surface area contributed by atoms with Crippen molar-refractivity contribution < 1.29 is 18.4 Å². The molecule has 0 saturated carbocycles. The molecule has 0 aliphatic carbocycles. The van der Waals surface area contributed by atoms with Crippen molar-refractivity contribution in [2.45, 2.75) is 46.2 Å². The average molecular weight is 582 g/mol. The van der Waals surface area contributed by atoms with Crippen molar-refractivity contribution in [1.29, 1.82) is 0 Å². The van der Waals surface area contributed by atoms with Crippen LogP contribution in [0.4, 0.5) is 8.78 Å². The first-order chi connectivity index (χ1) is 19.5. The molecular weight excluding hydrogens is 542 g/mol. The Balaban J connectivity index is 2.08. The minimum atomic E-state index is -0.520. The summed E-state index contributed by atoms with van der Waals surface area (Å²) in [6.45, 7) is 13.0. The van der Waals surface area contributed by atoms with E-state index in [1.165, 1.54) is 17.8 Å². The van der Waals surface area contributed by atoms with Gasteiger partial charge >= 0.3 is 5.91 Å². The first kappa shape index (κ1) is 32.0. The molecule has 1 heterocycles. The van der Waals surface area contributed by atoms with Crippen LogP contribution in [0.25, 0.3) is 16.0 Å². The van der Waals surface area contributed by atoms with Crippen LogP contribution in [-0.2, 0) is 16.1 Å². The van der Waals surface area contributed by atoms with E-state index in [1.807, 2.05) is 59.1 Å². The fraction of sp³-hybridized carbons (Fsp3) is 0.406. The van der Waals surface area contributed by atoms with E-state index in [2.05, 4.69) is 30.9 Å². The lowest BCUT2D eigenvalue weighted by molar-refractivity contribution is -0.133. The van der Waals surface area contributed by atoms with E-state index >= 15 is 0 Å². The van der Waals surface area contributed by atoms with Crippen LogP contribution in [0, 0.1) is 23.6 Å². The van der Waals surface area contributed by atoms with Gasteiger partial charge in [-0.05, 0) is 55.3 Å². The first-order valence-corrected chi connectivity index (χ1v) is 14.9. The highest BCUT2D eigenvalue weighted by atomic mass is 32.2. The molecule has 0 unspecified atom stereocenters. The van der Waals surface area contributed by atoms with Crippen LogP contribution in [0.5, 0.6) is 0 Å². The molecule has 3 aromatic rings. The first-order valence-electron chi connectivity index (χ1n) is 13.7. The summed E-state index contributed by atoms with van der Waals surface area (Å²) in [6, 6.07) is 14.8. The predicted molar refractivity (Wildman–Crippen MR) is 163 cm³/mol. The number of rotatable bonds is 14. The van der Waals surface area contributed by atoms with Crippen LogP contribution in [0.3, 0.4) is 0 Å². The second-order valence-corrected chi connectivity index (χ2v) is 12.1. The third kappa shape index (κ3) is 9.00. The van der Waals surface area contributed by atoms with Gasteiger partial charge in [0, 0.05) is 46.7 Å². The lowest BCUT2D eigenvalue weighted by Gasteiger charge is -2.41. The highest BCUT2D eigenvalue weighted by Gasteiger charge is 2.37. The van der Waals surface area contributed by atoms with Crippen molar-refractivity contribution in [3.05, 3.63) is 88.5 Å². The van der Waals surface area contributed by atoms with Crippen LogP contribution in [0.2, 0.25) is 0 Å². The summed E-state index contributed by atoms with van der Waals surface area (Å²) in [7, 11) is 1.87. The van der Waals surface area contributed by atoms with Gasteiger partial charge in [0.2, 0.25) is 5.91 Å². The van der Waals surface area contributed by atoms with Crippen LogP contribution < -0.4 is 5.32 Å². The molecule has 0 spiro atoms. The molecule has 0 bridgehead atoms. The summed E-state index contributed by atoms with van der Waals surface area (Å²) in [5.74, 6) is -0.877. The van der Waals surface area contributed by atoms with Crippen molar-refractivity contribution in [2.24, 2.45) is 5.41 Å². The Morgan fingerprint density at radius 1 is 1.12 bits per heavy atom. The standard InChI is InChI=1S/C32H39F2N4O2S/c1-32(2,3)31(38(16-9-15-35-4)30(40)22-41-17-14-29(39)36-5)28-18-24(26-19-25(33)12-13-27(26)34)21-37(28)20-23-10-7-6-8-11-23/h5-8,10-13,18-19,21,31,35H,9,14-17,20,22H2,1-4H3/q+1/t31-/m0/s1. The maximum absolute atomic E-state index is 14.9. The van der Waals surface area contributed by atoms with Gasteiger partial charge in [-0.2, -0.15) is 11.8 Å². The van der Waals surface area contributed by atoms with Crippen molar-refractivity contribution in [2.75, 3.05) is 31.6 Å². The smallest absolute Gasteiger partial charge is 0.344 e. The Morgan fingerprint density at radius 3 is 2.51 bits per heavy atom. The summed E-state index contributed by atoms with van der Waals surface area (Å²) in [5, 5.41) is 3.15. The molecule has 6 nitrogen and oxygen atoms in total. The van der Waals surface area contributed by atoms with Crippen LogP contribution in [0.1, 0.15) is 50.9 Å². The zero-order chi connectivity index (χ0) is 30.0. The average Bonchev–Trinajstić information content (AvgIpc) is 3.33. The minimum Gasteiger partial charge on any atom is -0.344 e. The number of thioether (sulfide) groups is 1. The molecule has 2 amide bonds. The molecule has 1 aromatic heterocycles. The number of carbonyl (C=O) groups is 2. The largest absolute Gasteiger partial charge is 0.515 e. The molecule has 41 heavy (non-hydrogen) atoms. The van der Waals surface area contributed by atoms with Gasteiger partial charge in [0.1, 0.15) is 18.1 Å². The molecule has 0 aliphatic rings. The van der Waals surface area contributed by atoms with E-state index in [4.69, 9.17) is 6.57 Å². The number of nitrogens with zero attached hydrogens (tertiary/aromatic N) is 3. The van der Waals surface area contributed by atoms with Crippen molar-refractivity contribution in [1.82, 2.24) is 14.8 Å². The second kappa shape index (κ2) is 14.9. The number of nitrogens with one attached hydrogen (secondary N) is 1. The lowest BCUT2D eigenvalue weighted by Crippen LogP contribution is -2.44. The molecule has 0 radical (unpaired) electrons. The van der Waals surface area contributed by atoms with Gasteiger partial charge in [-0.3, -0.25) is 4.79 Å². The molecule has 0 saturated heterocycles. The summed E-state index contributed by atoms with van der Waals surface area (Å²) >= 11 is 1.37. The number of hydrogen-bond donors (Lipinski definition) is 1. The second-order valence-electron chi connectivity index (χ2n) is 11.0. The quantitative estimate of drug-likeness (QED) is 0.218. The highest BCUT2D eigenvalue weighted by Crippen LogP contribution is 2.41. The Bertz CT molecular complexity index is 1360. The Labute approximate surface area is 245 Å². The van der Waals surface area contributed by atoms with Crippen molar-refractivity contribution in [3.8, 4) is 17.7 Å². The zero-order valence-electron chi connectivity index (χ0n) is 24.2. The number of hydrogen-bond acceptors (Lipinski definition) is 4. The number of halogens is 2. The lowest BCUT2D eigenvalue weighted by atomic mass is 9.83. The van der Waals surface area contributed by atoms with E-state index < -0.39 is 23.0 Å². The third-order valence-corrected chi connectivity index (χ3v) is 7.70. The van der Waals surface area contributed by atoms with Crippen LogP contribution in [0.15, 0.2) is 60.8 Å². The van der Waals surface area contributed by atoms with E-state index in [1.54, 1.807) is 0 Å². The van der Waals surface area contributed by atoms with Gasteiger partial charge in [-0.15, -0.1) is 0 Å². The molecule has 0 fully saturated rings. The third-order valence-electron chi connectivity index (χ3n) is 6.75. The van der Waals surface area contributed by atoms with Gasteiger partial charge in [0.05, 0.1) is 11.8 Å². The molecule has 2 aromatic carbocycles. The number of aromatic nitrogens is 1. The van der Waals surface area contributed by atoms with E-state index in [0.717, 1.165) is 36.4 Å². The SMILES string of the molecule is C#[N+]C(=O)CCSCC(=O)N(CCCNC)[C@@H](c1cc(-c2cc(F)ccc2F)cn1Cc1ccccc1)C(C)(C)C. The van der Waals surface area contributed by atoms with Gasteiger partial charge in [-0.25, -0.2) is 13.6 Å². The van der Waals surface area contributed by atoms with Gasteiger partial charge in [-0.1, -0.05) is 51.1 Å². The van der Waals surface area contributed by atoms with E-state index in [9.17, 15) is 18.4 Å². The normalized spacial score (nSPS) is 12.1. The van der Waals surface area contributed by atoms with Crippen LogP contribution >= 0.6 is 11.8 Å². The molecule has 3 rings (SSSR count). The van der Waals surface area contributed by atoms with Gasteiger partial charge in [0.25, 0.3) is 6.57 Å². The molecule has 218 valence electrons. The van der Waals surface area contributed by atoms with Crippen molar-refractivity contribution in [3.63, 3.8) is 0 Å². The van der Waals surface area contributed by atoms with Gasteiger partial charge < -0.3 is 14.8 Å². The van der Waals surface area contributed by atoms with E-state index in [-0.39, 0.29) is 29.7 Å². The summed E-state index contributed by atoms with van der Waals surface area (Å²) < 4.78 is 31.2. The monoisotopic (exact) mass is 581 g/mol. The van der Waals surface area contributed by atoms with Crippen molar-refractivity contribution >= 4 is 23.6 Å². The number of amides is 2. The predicted octanol–water partition coefficient (Wildman–Crippen LogP) is 6.62. The molecular formula is C32H39F2N4O2S+. The maximum atomic E-state index is 14.9. The highest BCUT2D eigenvalue weighted by molar-refractivity contribution is 7.99. The van der Waals surface area contributed by atoms with Gasteiger partial charge in [0.15, 0.2) is 0 Å². The maximum Gasteiger partial charge on any atom is 0.515 e. The molecule has 9 heteroatoms. The summed E-state index contributed by atoms with van der Waals surface area (Å²) in [4.78, 5) is 30.3. The fourth-order valence-electron chi connectivity index (χ4n) is 4.90. The Morgan fingerprint density at radius 2 is 1.85 bits per heavy atom. The Kier molecular flexibility index (Phi) is 11.7. The zero-order valence-corrected chi connectivity index (χ0v) is 25.0. The number of benzene rings is 2. The molecule has 1 N–H and O–H groups in total. The molecule has 0 aliphatic heterocycles. The summed E-state index contributed by atoms with van der Waals surface area (Å²) in [5.41, 5.74) is 2.19. The fourth-order valence-corrected chi connectivity index (χ4v) is 5.71. The summed E-state index contributed by atoms with van der Waals surface area (Å²) in [6.07, 6.45) is 2.74. The minimum absolute atomic E-state index is 0.0610. The molecule has 1 atom stereocenters. The Hall–Kier alpha value is -3.48. The number of carbonyl (C=O) groups excluding carboxylic acids is 2. The van der Waals surface area contributed by atoms with E-state index in [0.29, 0.717) is 24.4 Å². The van der Waals surface area contributed by atoms with Crippen LogP contribution in [-0.4, -0.2) is 52.9 Å².